The van der Waals surface area contributed by atoms with Gasteiger partial charge in [-0.05, 0) is 19.1 Å². The zero-order valence-corrected chi connectivity index (χ0v) is 9.71. The Morgan fingerprint density at radius 2 is 1.88 bits per heavy atom. The van der Waals surface area contributed by atoms with Crippen LogP contribution in [-0.2, 0) is 9.53 Å². The van der Waals surface area contributed by atoms with Crippen LogP contribution in [0.15, 0.2) is 30.3 Å². The van der Waals surface area contributed by atoms with Gasteiger partial charge in [0.05, 0.1) is 13.2 Å². The van der Waals surface area contributed by atoms with Crippen molar-refractivity contribution in [2.75, 3.05) is 7.11 Å². The first-order chi connectivity index (χ1) is 8.06. The van der Waals surface area contributed by atoms with Crippen molar-refractivity contribution >= 4 is 11.9 Å². The standard InChI is InChI=1S/C12H15NO4/c1-8(10(14)12(16)17-2)13-11(15)9-6-4-3-5-7-9/h3-8,10,14H,1-2H3,(H,13,15)/t8-,10+/m0/s1. The maximum absolute atomic E-state index is 11.7. The van der Waals surface area contributed by atoms with Crippen molar-refractivity contribution in [2.45, 2.75) is 19.1 Å². The molecule has 0 radical (unpaired) electrons. The number of esters is 1. The summed E-state index contributed by atoms with van der Waals surface area (Å²) < 4.78 is 4.38. The van der Waals surface area contributed by atoms with Crippen LogP contribution in [0, 0.1) is 0 Å². The zero-order valence-electron chi connectivity index (χ0n) is 9.71. The normalized spacial score (nSPS) is 13.6. The highest BCUT2D eigenvalue weighted by Gasteiger charge is 2.24. The number of hydrogen-bond donors (Lipinski definition) is 2. The maximum Gasteiger partial charge on any atom is 0.336 e. The molecule has 1 aromatic carbocycles. The van der Waals surface area contributed by atoms with Crippen LogP contribution in [-0.4, -0.2) is 36.2 Å². The fraction of sp³-hybridized carbons (Fsp3) is 0.333. The fourth-order valence-electron chi connectivity index (χ4n) is 1.28. The number of nitrogens with one attached hydrogen (secondary N) is 1. The molecule has 0 aliphatic carbocycles. The first kappa shape index (κ1) is 13.2. The largest absolute Gasteiger partial charge is 0.467 e. The van der Waals surface area contributed by atoms with Gasteiger partial charge in [-0.2, -0.15) is 0 Å². The summed E-state index contributed by atoms with van der Waals surface area (Å²) in [4.78, 5) is 22.7. The molecule has 0 aliphatic heterocycles. The van der Waals surface area contributed by atoms with Gasteiger partial charge in [-0.1, -0.05) is 18.2 Å². The molecule has 0 spiro atoms. The predicted molar refractivity (Wildman–Crippen MR) is 61.4 cm³/mol. The lowest BCUT2D eigenvalue weighted by Gasteiger charge is -2.18. The van der Waals surface area contributed by atoms with Gasteiger partial charge in [0.25, 0.3) is 5.91 Å². The Balaban J connectivity index is 2.60. The van der Waals surface area contributed by atoms with E-state index in [-0.39, 0.29) is 5.91 Å². The maximum atomic E-state index is 11.7. The molecule has 17 heavy (non-hydrogen) atoms. The summed E-state index contributed by atoms with van der Waals surface area (Å²) in [6, 6.07) is 7.84. The Bertz CT molecular complexity index is 391. The van der Waals surface area contributed by atoms with Gasteiger partial charge in [0, 0.05) is 5.56 Å². The van der Waals surface area contributed by atoms with Crippen molar-refractivity contribution in [1.29, 1.82) is 0 Å². The molecule has 0 saturated carbocycles. The Morgan fingerprint density at radius 3 is 2.41 bits per heavy atom. The second-order valence-electron chi connectivity index (χ2n) is 3.60. The summed E-state index contributed by atoms with van der Waals surface area (Å²) in [6.07, 6.45) is -1.37. The quantitative estimate of drug-likeness (QED) is 0.740. The summed E-state index contributed by atoms with van der Waals surface area (Å²) in [6.45, 7) is 1.53. The van der Waals surface area contributed by atoms with Crippen LogP contribution < -0.4 is 5.32 Å². The minimum atomic E-state index is -1.37. The highest BCUT2D eigenvalue weighted by Crippen LogP contribution is 2.01. The van der Waals surface area contributed by atoms with Crippen LogP contribution in [0.1, 0.15) is 17.3 Å². The van der Waals surface area contributed by atoms with Crippen molar-refractivity contribution in [3.8, 4) is 0 Å². The van der Waals surface area contributed by atoms with E-state index in [2.05, 4.69) is 10.1 Å². The summed E-state index contributed by atoms with van der Waals surface area (Å²) in [7, 11) is 1.18. The predicted octanol–water partition coefficient (Wildman–Crippen LogP) is 0.339. The average molecular weight is 237 g/mol. The lowest BCUT2D eigenvalue weighted by Crippen LogP contribution is -2.45. The SMILES string of the molecule is COC(=O)[C@H](O)[C@H](C)NC(=O)c1ccccc1. The van der Waals surface area contributed by atoms with Gasteiger partial charge in [-0.3, -0.25) is 4.79 Å². The number of methoxy groups -OCH3 is 1. The molecule has 92 valence electrons. The van der Waals surface area contributed by atoms with Gasteiger partial charge in [-0.25, -0.2) is 4.79 Å². The second-order valence-corrected chi connectivity index (χ2v) is 3.60. The zero-order chi connectivity index (χ0) is 12.8. The molecule has 0 fully saturated rings. The van der Waals surface area contributed by atoms with E-state index in [0.717, 1.165) is 0 Å². The molecule has 1 rings (SSSR count). The number of rotatable bonds is 4. The summed E-state index contributed by atoms with van der Waals surface area (Å²) in [5.74, 6) is -1.12. The van der Waals surface area contributed by atoms with E-state index in [4.69, 9.17) is 0 Å². The monoisotopic (exact) mass is 237 g/mol. The van der Waals surface area contributed by atoms with Gasteiger partial charge in [0.1, 0.15) is 0 Å². The highest BCUT2D eigenvalue weighted by molar-refractivity contribution is 5.94. The topological polar surface area (TPSA) is 75.6 Å². The Morgan fingerprint density at radius 1 is 1.29 bits per heavy atom. The molecule has 1 amide bonds. The van der Waals surface area contributed by atoms with Crippen molar-refractivity contribution in [3.05, 3.63) is 35.9 Å². The summed E-state index contributed by atoms with van der Waals surface area (Å²) in [5, 5.41) is 12.0. The van der Waals surface area contributed by atoms with E-state index in [1.54, 1.807) is 30.3 Å². The fourth-order valence-corrected chi connectivity index (χ4v) is 1.28. The Kier molecular flexibility index (Phi) is 4.66. The molecule has 1 aromatic rings. The highest BCUT2D eigenvalue weighted by atomic mass is 16.5. The van der Waals surface area contributed by atoms with Gasteiger partial charge in [0.2, 0.25) is 0 Å². The second kappa shape index (κ2) is 6.00. The molecule has 0 saturated heterocycles. The molecular weight excluding hydrogens is 222 g/mol. The average Bonchev–Trinajstić information content (AvgIpc) is 2.37. The molecule has 0 bridgehead atoms. The van der Waals surface area contributed by atoms with E-state index in [1.165, 1.54) is 14.0 Å². The molecule has 5 nitrogen and oxygen atoms in total. The third-order valence-corrected chi connectivity index (χ3v) is 2.31. The number of carbonyl (C=O) groups excluding carboxylic acids is 2. The van der Waals surface area contributed by atoms with Crippen LogP contribution in [0.2, 0.25) is 0 Å². The molecule has 5 heteroatoms. The van der Waals surface area contributed by atoms with Crippen molar-refractivity contribution in [3.63, 3.8) is 0 Å². The molecule has 0 aliphatic rings. The van der Waals surface area contributed by atoms with Gasteiger partial charge in [0.15, 0.2) is 6.10 Å². The van der Waals surface area contributed by atoms with E-state index >= 15 is 0 Å². The third-order valence-electron chi connectivity index (χ3n) is 2.31. The van der Waals surface area contributed by atoms with Crippen molar-refractivity contribution < 1.29 is 19.4 Å². The van der Waals surface area contributed by atoms with Crippen LogP contribution in [0.3, 0.4) is 0 Å². The Labute approximate surface area is 99.4 Å². The van der Waals surface area contributed by atoms with E-state index in [1.807, 2.05) is 0 Å². The number of carbonyl (C=O) groups is 2. The minimum absolute atomic E-state index is 0.346. The first-order valence-corrected chi connectivity index (χ1v) is 5.18. The van der Waals surface area contributed by atoms with E-state index < -0.39 is 18.1 Å². The lowest BCUT2D eigenvalue weighted by atomic mass is 10.1. The number of hydrogen-bond acceptors (Lipinski definition) is 4. The molecule has 2 N–H and O–H groups in total. The number of ether oxygens (including phenoxy) is 1. The smallest absolute Gasteiger partial charge is 0.336 e. The van der Waals surface area contributed by atoms with Crippen LogP contribution in [0.5, 0.6) is 0 Å². The number of amides is 1. The van der Waals surface area contributed by atoms with E-state index in [0.29, 0.717) is 5.56 Å². The first-order valence-electron chi connectivity index (χ1n) is 5.18. The lowest BCUT2D eigenvalue weighted by molar-refractivity contribution is -0.151. The third kappa shape index (κ3) is 3.57. The van der Waals surface area contributed by atoms with Gasteiger partial charge in [-0.15, -0.1) is 0 Å². The van der Waals surface area contributed by atoms with Crippen molar-refractivity contribution in [1.82, 2.24) is 5.32 Å². The van der Waals surface area contributed by atoms with Crippen LogP contribution >= 0.6 is 0 Å². The summed E-state index contributed by atoms with van der Waals surface area (Å²) >= 11 is 0. The van der Waals surface area contributed by atoms with E-state index in [9.17, 15) is 14.7 Å². The number of aliphatic hydroxyl groups excluding tert-OH is 1. The number of aliphatic hydroxyl groups is 1. The van der Waals surface area contributed by atoms with Crippen LogP contribution in [0.4, 0.5) is 0 Å². The molecule has 0 unspecified atom stereocenters. The molecular formula is C12H15NO4. The molecule has 0 aromatic heterocycles. The van der Waals surface area contributed by atoms with Gasteiger partial charge < -0.3 is 15.2 Å². The van der Waals surface area contributed by atoms with Gasteiger partial charge >= 0.3 is 5.97 Å². The molecule has 0 heterocycles. The van der Waals surface area contributed by atoms with Crippen molar-refractivity contribution in [2.24, 2.45) is 0 Å². The summed E-state index contributed by atoms with van der Waals surface area (Å²) in [5.41, 5.74) is 0.469. The minimum Gasteiger partial charge on any atom is -0.467 e. The van der Waals surface area contributed by atoms with Crippen LogP contribution in [0.25, 0.3) is 0 Å². The molecule has 2 atom stereocenters. The Hall–Kier alpha value is -1.88. The number of benzene rings is 1.